The molecule has 0 fully saturated rings. The Balaban J connectivity index is 0.00000180. The molecule has 0 spiro atoms. The average molecular weight is 283 g/mol. The monoisotopic (exact) mass is 282 g/mol. The van der Waals surface area contributed by atoms with E-state index < -0.39 is 0 Å². The minimum atomic E-state index is 0. The number of benzene rings is 1. The second-order valence-corrected chi connectivity index (χ2v) is 5.05. The number of hydrogen-bond acceptors (Lipinski definition) is 2. The summed E-state index contributed by atoms with van der Waals surface area (Å²) in [5.41, 5.74) is 4.06. The second kappa shape index (κ2) is 7.51. The number of halogens is 1. The molecule has 0 aliphatic heterocycles. The molecule has 0 unspecified atom stereocenters. The SMILES string of the molecule is CNCCN(C)C(=O)Cc1ccc2c(c1)CCC2.Cl. The molecule has 0 heterocycles. The molecule has 0 bridgehead atoms. The van der Waals surface area contributed by atoms with Gasteiger partial charge >= 0.3 is 0 Å². The molecule has 1 aromatic rings. The topological polar surface area (TPSA) is 32.3 Å². The third kappa shape index (κ3) is 4.22. The van der Waals surface area contributed by atoms with Crippen LogP contribution in [-0.4, -0.2) is 38.0 Å². The zero-order chi connectivity index (χ0) is 13.0. The zero-order valence-corrected chi connectivity index (χ0v) is 12.6. The summed E-state index contributed by atoms with van der Waals surface area (Å²) in [6.45, 7) is 1.60. The third-order valence-electron chi connectivity index (χ3n) is 3.64. The van der Waals surface area contributed by atoms with E-state index in [0.717, 1.165) is 18.7 Å². The van der Waals surface area contributed by atoms with Gasteiger partial charge in [0.2, 0.25) is 5.91 Å². The molecule has 0 atom stereocenters. The highest BCUT2D eigenvalue weighted by atomic mass is 35.5. The van der Waals surface area contributed by atoms with Gasteiger partial charge in [0.25, 0.3) is 0 Å². The quantitative estimate of drug-likeness (QED) is 0.893. The van der Waals surface area contributed by atoms with Crippen molar-refractivity contribution in [3.05, 3.63) is 34.9 Å². The maximum atomic E-state index is 12.0. The third-order valence-corrected chi connectivity index (χ3v) is 3.64. The van der Waals surface area contributed by atoms with Crippen molar-refractivity contribution in [3.8, 4) is 0 Å². The highest BCUT2D eigenvalue weighted by Gasteiger charge is 2.13. The van der Waals surface area contributed by atoms with E-state index in [0.29, 0.717) is 6.42 Å². The first-order valence-corrected chi connectivity index (χ1v) is 6.70. The van der Waals surface area contributed by atoms with Crippen LogP contribution in [0.15, 0.2) is 18.2 Å². The fourth-order valence-electron chi connectivity index (χ4n) is 2.45. The molecular formula is C15H23ClN2O. The van der Waals surface area contributed by atoms with Gasteiger partial charge in [0.1, 0.15) is 0 Å². The number of carbonyl (C=O) groups is 1. The number of amides is 1. The highest BCUT2D eigenvalue weighted by molar-refractivity contribution is 5.85. The summed E-state index contributed by atoms with van der Waals surface area (Å²) in [7, 11) is 3.77. The molecule has 0 aromatic heterocycles. The maximum absolute atomic E-state index is 12.0. The first kappa shape index (κ1) is 16.0. The van der Waals surface area contributed by atoms with Gasteiger partial charge < -0.3 is 10.2 Å². The Bertz CT molecular complexity index is 434. The molecule has 3 nitrogen and oxygen atoms in total. The van der Waals surface area contributed by atoms with Crippen LogP contribution in [0.5, 0.6) is 0 Å². The number of hydrogen-bond donors (Lipinski definition) is 1. The van der Waals surface area contributed by atoms with Gasteiger partial charge in [0.05, 0.1) is 6.42 Å². The van der Waals surface area contributed by atoms with Gasteiger partial charge in [-0.3, -0.25) is 4.79 Å². The van der Waals surface area contributed by atoms with Crippen molar-refractivity contribution in [2.24, 2.45) is 0 Å². The molecule has 2 rings (SSSR count). The lowest BCUT2D eigenvalue weighted by Gasteiger charge is -2.17. The Morgan fingerprint density at radius 1 is 1.32 bits per heavy atom. The van der Waals surface area contributed by atoms with E-state index in [1.165, 1.54) is 30.4 Å². The van der Waals surface area contributed by atoms with Crippen molar-refractivity contribution in [1.29, 1.82) is 0 Å². The number of fused-ring (bicyclic) bond motifs is 1. The highest BCUT2D eigenvalue weighted by Crippen LogP contribution is 2.23. The van der Waals surface area contributed by atoms with Crippen molar-refractivity contribution in [1.82, 2.24) is 10.2 Å². The standard InChI is InChI=1S/C15H22N2O.ClH/c1-16-8-9-17(2)15(18)11-12-6-7-13-4-3-5-14(13)10-12;/h6-7,10,16H,3-5,8-9,11H2,1-2H3;1H. The van der Waals surface area contributed by atoms with Crippen molar-refractivity contribution < 1.29 is 4.79 Å². The van der Waals surface area contributed by atoms with Crippen LogP contribution in [0.1, 0.15) is 23.1 Å². The van der Waals surface area contributed by atoms with Gasteiger partial charge in [-0.25, -0.2) is 0 Å². The minimum Gasteiger partial charge on any atom is -0.344 e. The summed E-state index contributed by atoms with van der Waals surface area (Å²) in [5.74, 6) is 0.197. The average Bonchev–Trinajstić information content (AvgIpc) is 2.83. The summed E-state index contributed by atoms with van der Waals surface area (Å²) in [6, 6.07) is 6.51. The van der Waals surface area contributed by atoms with E-state index in [1.54, 1.807) is 4.90 Å². The smallest absolute Gasteiger partial charge is 0.226 e. The Kier molecular flexibility index (Phi) is 6.32. The van der Waals surface area contributed by atoms with Gasteiger partial charge in [-0.05, 0) is 43.0 Å². The molecule has 1 aliphatic carbocycles. The van der Waals surface area contributed by atoms with Crippen LogP contribution in [0.2, 0.25) is 0 Å². The number of likely N-dealkylation sites (N-methyl/N-ethyl adjacent to an activating group) is 2. The second-order valence-electron chi connectivity index (χ2n) is 5.05. The van der Waals surface area contributed by atoms with Crippen LogP contribution in [0.25, 0.3) is 0 Å². The van der Waals surface area contributed by atoms with E-state index in [1.807, 2.05) is 14.1 Å². The largest absolute Gasteiger partial charge is 0.344 e. The Labute approximate surface area is 121 Å². The number of nitrogens with one attached hydrogen (secondary N) is 1. The molecule has 106 valence electrons. The predicted octanol–water partition coefficient (Wildman–Crippen LogP) is 1.82. The molecule has 1 aromatic carbocycles. The summed E-state index contributed by atoms with van der Waals surface area (Å²) in [4.78, 5) is 13.8. The normalized spacial score (nSPS) is 12.7. The van der Waals surface area contributed by atoms with Crippen molar-refractivity contribution in [3.63, 3.8) is 0 Å². The number of carbonyl (C=O) groups excluding carboxylic acids is 1. The summed E-state index contributed by atoms with van der Waals surface area (Å²) in [5, 5.41) is 3.06. The molecule has 0 radical (unpaired) electrons. The van der Waals surface area contributed by atoms with Crippen LogP contribution in [0.4, 0.5) is 0 Å². The number of rotatable bonds is 5. The van der Waals surface area contributed by atoms with E-state index in [9.17, 15) is 4.79 Å². The molecule has 4 heteroatoms. The van der Waals surface area contributed by atoms with Crippen LogP contribution in [-0.2, 0) is 24.1 Å². The number of aryl methyl sites for hydroxylation is 2. The lowest BCUT2D eigenvalue weighted by Crippen LogP contribution is -2.33. The Morgan fingerprint density at radius 2 is 2.05 bits per heavy atom. The first-order valence-electron chi connectivity index (χ1n) is 6.70. The first-order chi connectivity index (χ1) is 8.70. The van der Waals surface area contributed by atoms with Crippen LogP contribution in [0, 0.1) is 0 Å². The molecule has 0 saturated carbocycles. The summed E-state index contributed by atoms with van der Waals surface area (Å²) >= 11 is 0. The van der Waals surface area contributed by atoms with E-state index in [-0.39, 0.29) is 18.3 Å². The van der Waals surface area contributed by atoms with Crippen molar-refractivity contribution in [2.45, 2.75) is 25.7 Å². The van der Waals surface area contributed by atoms with E-state index in [4.69, 9.17) is 0 Å². The van der Waals surface area contributed by atoms with Crippen LogP contribution in [0.3, 0.4) is 0 Å². The van der Waals surface area contributed by atoms with Crippen LogP contribution < -0.4 is 5.32 Å². The molecule has 1 N–H and O–H groups in total. The van der Waals surface area contributed by atoms with Gasteiger partial charge in [0.15, 0.2) is 0 Å². The molecular weight excluding hydrogens is 260 g/mol. The number of nitrogens with zero attached hydrogens (tertiary/aromatic N) is 1. The van der Waals surface area contributed by atoms with Crippen molar-refractivity contribution >= 4 is 18.3 Å². The minimum absolute atomic E-state index is 0. The fourth-order valence-corrected chi connectivity index (χ4v) is 2.45. The molecule has 0 saturated heterocycles. The Morgan fingerprint density at radius 3 is 2.79 bits per heavy atom. The molecule has 19 heavy (non-hydrogen) atoms. The van der Waals surface area contributed by atoms with Gasteiger partial charge in [-0.2, -0.15) is 0 Å². The Hall–Kier alpha value is -1.06. The van der Waals surface area contributed by atoms with Gasteiger partial charge in [-0.1, -0.05) is 18.2 Å². The summed E-state index contributed by atoms with van der Waals surface area (Å²) in [6.07, 6.45) is 4.15. The van der Waals surface area contributed by atoms with E-state index in [2.05, 4.69) is 23.5 Å². The van der Waals surface area contributed by atoms with E-state index >= 15 is 0 Å². The molecule has 1 aliphatic rings. The van der Waals surface area contributed by atoms with Crippen LogP contribution >= 0.6 is 12.4 Å². The fraction of sp³-hybridized carbons (Fsp3) is 0.533. The lowest BCUT2D eigenvalue weighted by atomic mass is 10.0. The maximum Gasteiger partial charge on any atom is 0.226 e. The van der Waals surface area contributed by atoms with Crippen molar-refractivity contribution in [2.75, 3.05) is 27.2 Å². The lowest BCUT2D eigenvalue weighted by molar-refractivity contribution is -0.129. The molecule has 1 amide bonds. The van der Waals surface area contributed by atoms with Gasteiger partial charge in [-0.15, -0.1) is 12.4 Å². The summed E-state index contributed by atoms with van der Waals surface area (Å²) < 4.78 is 0. The zero-order valence-electron chi connectivity index (χ0n) is 11.7. The van der Waals surface area contributed by atoms with Gasteiger partial charge in [0, 0.05) is 20.1 Å². The predicted molar refractivity (Wildman–Crippen MR) is 81.0 cm³/mol.